The largest absolute Gasteiger partial charge is 0.207 e. The summed E-state index contributed by atoms with van der Waals surface area (Å²) in [6.45, 7) is 7.89. The Balaban J connectivity index is 3.35. The van der Waals surface area contributed by atoms with E-state index in [1.54, 1.807) is 13.0 Å². The minimum absolute atomic E-state index is 0.193. The number of rotatable bonds is 4. The van der Waals surface area contributed by atoms with E-state index < -0.39 is 5.82 Å². The van der Waals surface area contributed by atoms with Crippen LogP contribution in [0.25, 0.3) is 0 Å². The van der Waals surface area contributed by atoms with Crippen LogP contribution in [0.15, 0.2) is 12.1 Å². The molecule has 0 saturated heterocycles. The highest BCUT2D eigenvalue weighted by atomic mass is 19.1. The lowest BCUT2D eigenvalue weighted by molar-refractivity contribution is 0.409. The Kier molecular flexibility index (Phi) is 4.06. The van der Waals surface area contributed by atoms with E-state index in [-0.39, 0.29) is 16.8 Å². The molecule has 0 aliphatic rings. The van der Waals surface area contributed by atoms with Gasteiger partial charge >= 0.3 is 0 Å². The minimum Gasteiger partial charge on any atom is -0.207 e. The summed E-state index contributed by atoms with van der Waals surface area (Å²) in [6, 6.07) is 2.98. The maximum atomic E-state index is 14.2. The third kappa shape index (κ3) is 2.11. The second-order valence-electron chi connectivity index (χ2n) is 4.51. The van der Waals surface area contributed by atoms with Crippen LogP contribution in [0.3, 0.4) is 0 Å². The van der Waals surface area contributed by atoms with Crippen molar-refractivity contribution in [2.24, 2.45) is 0 Å². The predicted octanol–water partition coefficient (Wildman–Crippen LogP) is 4.60. The molecule has 0 aromatic heterocycles. The molecule has 0 bridgehead atoms. The molecule has 0 N–H and O–H groups in total. The summed E-state index contributed by atoms with van der Waals surface area (Å²) < 4.78 is 27.5. The lowest BCUT2D eigenvalue weighted by atomic mass is 9.77. The Morgan fingerprint density at radius 3 is 2.06 bits per heavy atom. The zero-order chi connectivity index (χ0) is 12.3. The van der Waals surface area contributed by atoms with E-state index >= 15 is 0 Å². The van der Waals surface area contributed by atoms with E-state index in [2.05, 4.69) is 0 Å². The summed E-state index contributed by atoms with van der Waals surface area (Å²) >= 11 is 0. The monoisotopic (exact) mass is 226 g/mol. The second kappa shape index (κ2) is 4.94. The van der Waals surface area contributed by atoms with Crippen molar-refractivity contribution < 1.29 is 8.78 Å². The molecule has 1 aromatic carbocycles. The lowest BCUT2D eigenvalue weighted by Gasteiger charge is -2.28. The highest BCUT2D eigenvalue weighted by Gasteiger charge is 2.27. The number of hydrogen-bond donors (Lipinski definition) is 0. The van der Waals surface area contributed by atoms with Crippen LogP contribution in [-0.4, -0.2) is 0 Å². The summed E-state index contributed by atoms with van der Waals surface area (Å²) in [5.74, 6) is -0.785. The van der Waals surface area contributed by atoms with Crippen LogP contribution in [-0.2, 0) is 11.8 Å². The Hall–Kier alpha value is -0.920. The van der Waals surface area contributed by atoms with Gasteiger partial charge in [0.2, 0.25) is 0 Å². The molecular formula is C14H20F2. The topological polar surface area (TPSA) is 0 Å². The van der Waals surface area contributed by atoms with Crippen LogP contribution < -0.4 is 0 Å². The summed E-state index contributed by atoms with van der Waals surface area (Å²) in [5, 5.41) is 0. The van der Waals surface area contributed by atoms with Gasteiger partial charge in [-0.05, 0) is 36.3 Å². The third-order valence-corrected chi connectivity index (χ3v) is 3.75. The number of benzene rings is 1. The molecule has 0 amide bonds. The Morgan fingerprint density at radius 1 is 1.06 bits per heavy atom. The zero-order valence-corrected chi connectivity index (χ0v) is 10.5. The van der Waals surface area contributed by atoms with Crippen LogP contribution >= 0.6 is 0 Å². The summed E-state index contributed by atoms with van der Waals surface area (Å²) in [7, 11) is 0. The Labute approximate surface area is 96.7 Å². The normalized spacial score (nSPS) is 11.9. The molecule has 0 fully saturated rings. The van der Waals surface area contributed by atoms with E-state index in [9.17, 15) is 8.78 Å². The van der Waals surface area contributed by atoms with Crippen LogP contribution in [0, 0.1) is 11.6 Å². The molecule has 0 aliphatic carbocycles. The first-order chi connectivity index (χ1) is 7.50. The Morgan fingerprint density at radius 2 is 1.62 bits per heavy atom. The van der Waals surface area contributed by atoms with Crippen LogP contribution in [0.5, 0.6) is 0 Å². The van der Waals surface area contributed by atoms with E-state index in [0.717, 1.165) is 12.8 Å². The highest BCUT2D eigenvalue weighted by molar-refractivity contribution is 5.33. The van der Waals surface area contributed by atoms with Gasteiger partial charge in [0.1, 0.15) is 11.6 Å². The first-order valence-electron chi connectivity index (χ1n) is 5.97. The van der Waals surface area contributed by atoms with Crippen molar-refractivity contribution in [3.8, 4) is 0 Å². The van der Waals surface area contributed by atoms with Crippen molar-refractivity contribution in [2.75, 3.05) is 0 Å². The van der Waals surface area contributed by atoms with Gasteiger partial charge < -0.3 is 0 Å². The van der Waals surface area contributed by atoms with Crippen LogP contribution in [0.4, 0.5) is 8.78 Å². The van der Waals surface area contributed by atoms with Gasteiger partial charge in [0.25, 0.3) is 0 Å². The van der Waals surface area contributed by atoms with E-state index in [1.807, 2.05) is 20.8 Å². The summed E-state index contributed by atoms with van der Waals surface area (Å²) in [5.41, 5.74) is 0.670. The first kappa shape index (κ1) is 13.1. The lowest BCUT2D eigenvalue weighted by Crippen LogP contribution is -2.22. The quantitative estimate of drug-likeness (QED) is 0.703. The average Bonchev–Trinajstić information content (AvgIpc) is 2.29. The molecule has 0 nitrogen and oxygen atoms in total. The van der Waals surface area contributed by atoms with Gasteiger partial charge in [-0.2, -0.15) is 0 Å². The van der Waals surface area contributed by atoms with Gasteiger partial charge in [0.15, 0.2) is 0 Å². The predicted molar refractivity (Wildman–Crippen MR) is 63.7 cm³/mol. The van der Waals surface area contributed by atoms with E-state index in [1.165, 1.54) is 6.07 Å². The van der Waals surface area contributed by atoms with Crippen molar-refractivity contribution in [1.29, 1.82) is 0 Å². The maximum absolute atomic E-state index is 14.2. The van der Waals surface area contributed by atoms with E-state index in [0.29, 0.717) is 12.0 Å². The molecule has 0 atom stereocenters. The fraction of sp³-hybridized carbons (Fsp3) is 0.571. The summed E-state index contributed by atoms with van der Waals surface area (Å²) in [6.07, 6.45) is 2.11. The molecule has 1 rings (SSSR count). The minimum atomic E-state index is -0.432. The zero-order valence-electron chi connectivity index (χ0n) is 10.5. The van der Waals surface area contributed by atoms with Crippen molar-refractivity contribution in [3.05, 3.63) is 34.9 Å². The summed E-state index contributed by atoms with van der Waals surface area (Å²) in [4.78, 5) is 0. The fourth-order valence-corrected chi connectivity index (χ4v) is 2.02. The van der Waals surface area contributed by atoms with Crippen molar-refractivity contribution in [3.63, 3.8) is 0 Å². The van der Waals surface area contributed by atoms with Crippen molar-refractivity contribution in [2.45, 2.75) is 52.4 Å². The molecule has 0 heterocycles. The molecule has 90 valence electrons. The molecule has 16 heavy (non-hydrogen) atoms. The van der Waals surface area contributed by atoms with Gasteiger partial charge in [0.05, 0.1) is 0 Å². The highest BCUT2D eigenvalue weighted by Crippen LogP contribution is 2.34. The molecule has 0 radical (unpaired) electrons. The van der Waals surface area contributed by atoms with Crippen LogP contribution in [0.1, 0.15) is 51.7 Å². The smallest absolute Gasteiger partial charge is 0.133 e. The fourth-order valence-electron chi connectivity index (χ4n) is 2.02. The van der Waals surface area contributed by atoms with Gasteiger partial charge in [0, 0.05) is 5.56 Å². The Bertz CT molecular complexity index is 365. The van der Waals surface area contributed by atoms with Crippen LogP contribution in [0.2, 0.25) is 0 Å². The third-order valence-electron chi connectivity index (χ3n) is 3.75. The molecule has 0 aliphatic heterocycles. The average molecular weight is 226 g/mol. The first-order valence-corrected chi connectivity index (χ1v) is 5.97. The van der Waals surface area contributed by atoms with Crippen molar-refractivity contribution in [1.82, 2.24) is 0 Å². The van der Waals surface area contributed by atoms with Gasteiger partial charge in [-0.3, -0.25) is 0 Å². The molecule has 0 unspecified atom stereocenters. The van der Waals surface area contributed by atoms with E-state index in [4.69, 9.17) is 0 Å². The standard InChI is InChI=1S/C14H20F2/c1-5-10-12(15)9-8-11(13(10)16)14(4,6-2)7-3/h8-9H,5-7H2,1-4H3. The second-order valence-corrected chi connectivity index (χ2v) is 4.51. The van der Waals surface area contributed by atoms with Gasteiger partial charge in [-0.1, -0.05) is 33.8 Å². The molecule has 1 aromatic rings. The van der Waals surface area contributed by atoms with Gasteiger partial charge in [-0.25, -0.2) is 8.78 Å². The van der Waals surface area contributed by atoms with Crippen molar-refractivity contribution >= 4 is 0 Å². The maximum Gasteiger partial charge on any atom is 0.133 e. The number of hydrogen-bond acceptors (Lipinski definition) is 0. The SMILES string of the molecule is CCc1c(F)ccc(C(C)(CC)CC)c1F. The number of halogens is 2. The molecule has 0 spiro atoms. The molecule has 2 heteroatoms. The van der Waals surface area contributed by atoms with Gasteiger partial charge in [-0.15, -0.1) is 0 Å². The molecular weight excluding hydrogens is 206 g/mol. The molecule has 0 saturated carbocycles.